The molecule has 0 heterocycles. The number of anilines is 1. The lowest BCUT2D eigenvalue weighted by Gasteiger charge is -2.23. The second-order valence-electron chi connectivity index (χ2n) is 4.87. The van der Waals surface area contributed by atoms with Crippen LogP contribution in [0.15, 0.2) is 18.2 Å². The zero-order chi connectivity index (χ0) is 14.5. The van der Waals surface area contributed by atoms with Gasteiger partial charge in [-0.1, -0.05) is 6.07 Å². The van der Waals surface area contributed by atoms with Gasteiger partial charge in [0.1, 0.15) is 5.69 Å². The molecule has 1 rings (SSSR count). The van der Waals surface area contributed by atoms with Crippen molar-refractivity contribution in [1.82, 2.24) is 0 Å². The van der Waals surface area contributed by atoms with Gasteiger partial charge in [-0.25, -0.2) is 0 Å². The van der Waals surface area contributed by atoms with Crippen molar-refractivity contribution in [2.75, 3.05) is 25.6 Å². The average molecular weight is 268 g/mol. The van der Waals surface area contributed by atoms with Crippen LogP contribution in [0.5, 0.6) is 0 Å². The van der Waals surface area contributed by atoms with Crippen LogP contribution >= 0.6 is 0 Å². The highest BCUT2D eigenvalue weighted by molar-refractivity contribution is 5.62. The lowest BCUT2D eigenvalue weighted by atomic mass is 10.0. The lowest BCUT2D eigenvalue weighted by molar-refractivity contribution is -0.384. The monoisotopic (exact) mass is 268 g/mol. The average Bonchev–Trinajstić information content (AvgIpc) is 2.34. The molecule has 6 nitrogen and oxygen atoms in total. The van der Waals surface area contributed by atoms with E-state index in [0.717, 1.165) is 5.56 Å². The number of ether oxygens (including phenoxy) is 1. The number of hydrogen-bond acceptors (Lipinski definition) is 5. The Kier molecular flexibility index (Phi) is 5.26. The van der Waals surface area contributed by atoms with Gasteiger partial charge in [-0.3, -0.25) is 10.1 Å². The number of methoxy groups -OCH3 is 1. The summed E-state index contributed by atoms with van der Waals surface area (Å²) >= 11 is 0. The summed E-state index contributed by atoms with van der Waals surface area (Å²) in [5, 5.41) is 23.9. The summed E-state index contributed by atoms with van der Waals surface area (Å²) in [5.74, 6) is 0. The first-order valence-corrected chi connectivity index (χ1v) is 6.06. The van der Waals surface area contributed by atoms with E-state index in [9.17, 15) is 15.2 Å². The molecule has 0 saturated carbocycles. The first-order valence-electron chi connectivity index (χ1n) is 6.06. The fraction of sp³-hybridized carbons (Fsp3) is 0.538. The van der Waals surface area contributed by atoms with Crippen LogP contribution in [-0.2, 0) is 4.74 Å². The van der Waals surface area contributed by atoms with Gasteiger partial charge in [0.05, 0.1) is 10.5 Å². The Morgan fingerprint density at radius 1 is 1.53 bits per heavy atom. The van der Waals surface area contributed by atoms with Gasteiger partial charge in [0.2, 0.25) is 0 Å². The van der Waals surface area contributed by atoms with Gasteiger partial charge in [-0.15, -0.1) is 0 Å². The molecule has 0 spiro atoms. The van der Waals surface area contributed by atoms with Crippen molar-refractivity contribution in [1.29, 1.82) is 0 Å². The second kappa shape index (κ2) is 6.49. The van der Waals surface area contributed by atoms with Crippen LogP contribution < -0.4 is 5.32 Å². The molecule has 0 bridgehead atoms. The predicted molar refractivity (Wildman–Crippen MR) is 73.4 cm³/mol. The van der Waals surface area contributed by atoms with Crippen molar-refractivity contribution < 1.29 is 14.8 Å². The molecular formula is C13H20N2O4. The van der Waals surface area contributed by atoms with E-state index in [0.29, 0.717) is 18.7 Å². The van der Waals surface area contributed by atoms with Crippen molar-refractivity contribution in [2.24, 2.45) is 0 Å². The number of nitro benzene ring substituents is 1. The molecular weight excluding hydrogens is 248 g/mol. The molecule has 0 aliphatic rings. The molecule has 0 aliphatic carbocycles. The molecule has 6 heteroatoms. The van der Waals surface area contributed by atoms with Crippen LogP contribution in [0.2, 0.25) is 0 Å². The van der Waals surface area contributed by atoms with Gasteiger partial charge < -0.3 is 15.2 Å². The smallest absolute Gasteiger partial charge is 0.292 e. The Balaban J connectivity index is 2.76. The Bertz CT molecular complexity index is 446. The molecule has 0 aromatic heterocycles. The highest BCUT2D eigenvalue weighted by atomic mass is 16.6. The number of nitrogens with one attached hydrogen (secondary N) is 1. The maximum absolute atomic E-state index is 10.9. The summed E-state index contributed by atoms with van der Waals surface area (Å²) in [6.45, 7) is 4.18. The fourth-order valence-electron chi connectivity index (χ4n) is 1.65. The summed E-state index contributed by atoms with van der Waals surface area (Å²) in [7, 11) is 1.56. The highest BCUT2D eigenvalue weighted by Gasteiger charge is 2.22. The van der Waals surface area contributed by atoms with E-state index in [1.165, 1.54) is 6.07 Å². The first-order chi connectivity index (χ1) is 8.85. The number of nitrogens with zero attached hydrogens (tertiary/aromatic N) is 1. The quantitative estimate of drug-likeness (QED) is 0.584. The molecule has 1 aromatic carbocycles. The maximum Gasteiger partial charge on any atom is 0.292 e. The van der Waals surface area contributed by atoms with Gasteiger partial charge in [0.25, 0.3) is 5.69 Å². The van der Waals surface area contributed by atoms with Crippen LogP contribution in [-0.4, -0.2) is 35.9 Å². The minimum Gasteiger partial charge on any atom is -0.388 e. The lowest BCUT2D eigenvalue weighted by Crippen LogP contribution is -2.34. The number of aliphatic hydroxyl groups is 1. The van der Waals surface area contributed by atoms with E-state index in [4.69, 9.17) is 4.74 Å². The van der Waals surface area contributed by atoms with Crippen LogP contribution in [0.25, 0.3) is 0 Å². The molecule has 0 fully saturated rings. The number of rotatable bonds is 7. The molecule has 1 aromatic rings. The van der Waals surface area contributed by atoms with E-state index in [1.54, 1.807) is 26.2 Å². The summed E-state index contributed by atoms with van der Waals surface area (Å²) in [6, 6.07) is 4.85. The van der Waals surface area contributed by atoms with Crippen LogP contribution in [0.4, 0.5) is 11.4 Å². The Labute approximate surface area is 112 Å². The largest absolute Gasteiger partial charge is 0.388 e. The number of hydrogen-bond donors (Lipinski definition) is 2. The number of benzene rings is 1. The molecule has 106 valence electrons. The third-order valence-corrected chi connectivity index (χ3v) is 2.85. The summed E-state index contributed by atoms with van der Waals surface area (Å²) < 4.78 is 4.91. The van der Waals surface area contributed by atoms with Gasteiger partial charge in [-0.2, -0.15) is 0 Å². The van der Waals surface area contributed by atoms with Crippen molar-refractivity contribution in [2.45, 2.75) is 25.9 Å². The van der Waals surface area contributed by atoms with Crippen LogP contribution in [0, 0.1) is 17.0 Å². The van der Waals surface area contributed by atoms with Crippen molar-refractivity contribution in [3.63, 3.8) is 0 Å². The molecule has 0 saturated heterocycles. The van der Waals surface area contributed by atoms with E-state index in [1.807, 2.05) is 6.92 Å². The SMILES string of the molecule is COCCC(C)(O)CNc1cc(C)ccc1[N+](=O)[O-]. The Morgan fingerprint density at radius 3 is 2.79 bits per heavy atom. The van der Waals surface area contributed by atoms with Gasteiger partial charge in [-0.05, 0) is 25.5 Å². The van der Waals surface area contributed by atoms with Crippen molar-refractivity contribution in [3.8, 4) is 0 Å². The maximum atomic E-state index is 10.9. The highest BCUT2D eigenvalue weighted by Crippen LogP contribution is 2.26. The van der Waals surface area contributed by atoms with E-state index in [-0.39, 0.29) is 12.2 Å². The third-order valence-electron chi connectivity index (χ3n) is 2.85. The number of aryl methyl sites for hydroxylation is 1. The van der Waals surface area contributed by atoms with Crippen molar-refractivity contribution in [3.05, 3.63) is 33.9 Å². The Morgan fingerprint density at radius 2 is 2.21 bits per heavy atom. The second-order valence-corrected chi connectivity index (χ2v) is 4.87. The molecule has 1 atom stereocenters. The zero-order valence-corrected chi connectivity index (χ0v) is 11.5. The van der Waals surface area contributed by atoms with E-state index in [2.05, 4.69) is 5.32 Å². The van der Waals surface area contributed by atoms with Crippen LogP contribution in [0.1, 0.15) is 18.9 Å². The topological polar surface area (TPSA) is 84.6 Å². The molecule has 0 radical (unpaired) electrons. The van der Waals surface area contributed by atoms with Gasteiger partial charge in [0, 0.05) is 32.7 Å². The number of nitro groups is 1. The molecule has 0 amide bonds. The summed E-state index contributed by atoms with van der Waals surface area (Å²) in [4.78, 5) is 10.5. The van der Waals surface area contributed by atoms with Gasteiger partial charge in [0.15, 0.2) is 0 Å². The summed E-state index contributed by atoms with van der Waals surface area (Å²) in [5.41, 5.74) is 0.369. The zero-order valence-electron chi connectivity index (χ0n) is 11.5. The van der Waals surface area contributed by atoms with E-state index < -0.39 is 10.5 Å². The van der Waals surface area contributed by atoms with Crippen molar-refractivity contribution >= 4 is 11.4 Å². The Hall–Kier alpha value is -1.66. The predicted octanol–water partition coefficient (Wildman–Crippen LogP) is 2.10. The van der Waals surface area contributed by atoms with E-state index >= 15 is 0 Å². The third kappa shape index (κ3) is 4.84. The normalized spacial score (nSPS) is 13.9. The molecule has 1 unspecified atom stereocenters. The molecule has 2 N–H and O–H groups in total. The fourth-order valence-corrected chi connectivity index (χ4v) is 1.65. The first kappa shape index (κ1) is 15.4. The van der Waals surface area contributed by atoms with Gasteiger partial charge >= 0.3 is 0 Å². The molecule has 19 heavy (non-hydrogen) atoms. The minimum absolute atomic E-state index is 0.00754. The molecule has 0 aliphatic heterocycles. The minimum atomic E-state index is -0.979. The standard InChI is InChI=1S/C13H20N2O4/c1-10-4-5-12(15(17)18)11(8-10)14-9-13(2,16)6-7-19-3/h4-5,8,14,16H,6-7,9H2,1-3H3. The summed E-state index contributed by atoms with van der Waals surface area (Å²) in [6.07, 6.45) is 0.454. The van der Waals surface area contributed by atoms with Crippen LogP contribution in [0.3, 0.4) is 0 Å².